The van der Waals surface area contributed by atoms with Crippen molar-refractivity contribution in [2.24, 2.45) is 10.9 Å². The Bertz CT molecular complexity index is 762. The zero-order chi connectivity index (χ0) is 17.7. The molecular weight excluding hydrogens is 320 g/mol. The minimum absolute atomic E-state index is 0.00851. The van der Waals surface area contributed by atoms with Gasteiger partial charge in [-0.15, -0.1) is 0 Å². The molecule has 0 saturated heterocycles. The van der Waals surface area contributed by atoms with Gasteiger partial charge in [0.05, 0.1) is 5.56 Å². The van der Waals surface area contributed by atoms with E-state index in [1.54, 1.807) is 25.1 Å². The topological polar surface area (TPSA) is 99.9 Å². The van der Waals surface area contributed by atoms with Gasteiger partial charge in [-0.25, -0.2) is 4.79 Å². The number of alkyl halides is 2. The zero-order valence-electron chi connectivity index (χ0n) is 12.7. The highest BCUT2D eigenvalue weighted by Crippen LogP contribution is 2.17. The monoisotopic (exact) mass is 335 g/mol. The van der Waals surface area contributed by atoms with Gasteiger partial charge in [0.15, 0.2) is 5.84 Å². The second kappa shape index (κ2) is 7.40. The Hall–Kier alpha value is -3.16. The largest absolute Gasteiger partial charge is 0.435 e. The molecule has 0 aliphatic heterocycles. The minimum atomic E-state index is -2.94. The fourth-order valence-corrected chi connectivity index (χ4v) is 1.90. The third-order valence-electron chi connectivity index (χ3n) is 3.19. The third-order valence-corrected chi connectivity index (χ3v) is 3.19. The molecule has 0 aromatic heterocycles. The molecule has 0 heterocycles. The van der Waals surface area contributed by atoms with Crippen LogP contribution in [-0.2, 0) is 4.84 Å². The maximum Gasteiger partial charge on any atom is 0.387 e. The lowest BCUT2D eigenvalue weighted by Crippen LogP contribution is -2.17. The van der Waals surface area contributed by atoms with Gasteiger partial charge in [-0.1, -0.05) is 17.3 Å². The van der Waals surface area contributed by atoms with Crippen LogP contribution in [0.1, 0.15) is 21.5 Å². The molecule has 8 heteroatoms. The number of nitrogens with two attached hydrogens (primary N) is 2. The van der Waals surface area contributed by atoms with E-state index in [0.29, 0.717) is 16.8 Å². The fourth-order valence-electron chi connectivity index (χ4n) is 1.90. The minimum Gasteiger partial charge on any atom is -0.435 e. The van der Waals surface area contributed by atoms with Gasteiger partial charge in [0, 0.05) is 11.3 Å². The van der Waals surface area contributed by atoms with Crippen molar-refractivity contribution in [3.05, 3.63) is 59.2 Å². The van der Waals surface area contributed by atoms with Gasteiger partial charge in [-0.2, -0.15) is 8.78 Å². The van der Waals surface area contributed by atoms with E-state index in [1.807, 2.05) is 0 Å². The molecule has 0 atom stereocenters. The lowest BCUT2D eigenvalue weighted by molar-refractivity contribution is -0.0498. The Balaban J connectivity index is 2.07. The van der Waals surface area contributed by atoms with E-state index < -0.39 is 12.6 Å². The van der Waals surface area contributed by atoms with E-state index in [1.165, 1.54) is 24.3 Å². The predicted octanol–water partition coefficient (Wildman–Crippen LogP) is 2.66. The van der Waals surface area contributed by atoms with E-state index in [9.17, 15) is 13.6 Å². The number of carbonyl (C=O) groups is 1. The number of hydrogen-bond donors (Lipinski definition) is 2. The van der Waals surface area contributed by atoms with E-state index in [0.717, 1.165) is 0 Å². The summed E-state index contributed by atoms with van der Waals surface area (Å²) < 4.78 is 28.3. The van der Waals surface area contributed by atoms with E-state index in [-0.39, 0.29) is 17.1 Å². The molecule has 0 aliphatic carbocycles. The van der Waals surface area contributed by atoms with Crippen LogP contribution < -0.4 is 16.2 Å². The molecular formula is C16H15F2N3O3. The molecule has 2 aromatic carbocycles. The van der Waals surface area contributed by atoms with Crippen molar-refractivity contribution in [3.8, 4) is 5.75 Å². The number of amidine groups is 1. The normalized spacial score (nSPS) is 11.4. The fraction of sp³-hybridized carbons (Fsp3) is 0.125. The van der Waals surface area contributed by atoms with Crippen LogP contribution in [-0.4, -0.2) is 18.4 Å². The Labute approximate surface area is 136 Å². The summed E-state index contributed by atoms with van der Waals surface area (Å²) in [4.78, 5) is 16.6. The van der Waals surface area contributed by atoms with Crippen molar-refractivity contribution >= 4 is 17.5 Å². The Kier molecular flexibility index (Phi) is 5.31. The average molecular weight is 335 g/mol. The highest BCUT2D eigenvalue weighted by molar-refractivity contribution is 6.00. The van der Waals surface area contributed by atoms with Crippen LogP contribution in [0.15, 0.2) is 47.6 Å². The van der Waals surface area contributed by atoms with Crippen LogP contribution in [0.25, 0.3) is 0 Å². The van der Waals surface area contributed by atoms with Crippen LogP contribution in [0, 0.1) is 6.92 Å². The van der Waals surface area contributed by atoms with Crippen molar-refractivity contribution in [1.82, 2.24) is 0 Å². The van der Waals surface area contributed by atoms with Crippen molar-refractivity contribution in [1.29, 1.82) is 0 Å². The molecule has 2 rings (SSSR count). The van der Waals surface area contributed by atoms with Gasteiger partial charge >= 0.3 is 12.6 Å². The second-order valence-electron chi connectivity index (χ2n) is 4.78. The lowest BCUT2D eigenvalue weighted by Gasteiger charge is -2.07. The molecule has 0 amide bonds. The summed E-state index contributed by atoms with van der Waals surface area (Å²) in [6.07, 6.45) is 0. The Morgan fingerprint density at radius 3 is 2.46 bits per heavy atom. The molecule has 0 unspecified atom stereocenters. The summed E-state index contributed by atoms with van der Waals surface area (Å²) in [6, 6.07) is 10.1. The molecule has 126 valence electrons. The molecule has 24 heavy (non-hydrogen) atoms. The number of hydrogen-bond acceptors (Lipinski definition) is 5. The number of oxime groups is 1. The Morgan fingerprint density at radius 2 is 1.83 bits per heavy atom. The molecule has 0 saturated carbocycles. The summed E-state index contributed by atoms with van der Waals surface area (Å²) >= 11 is 0. The van der Waals surface area contributed by atoms with Crippen molar-refractivity contribution in [2.45, 2.75) is 13.5 Å². The van der Waals surface area contributed by atoms with Gasteiger partial charge in [0.2, 0.25) is 0 Å². The highest BCUT2D eigenvalue weighted by atomic mass is 19.3. The van der Waals surface area contributed by atoms with E-state index in [2.05, 4.69) is 9.89 Å². The average Bonchev–Trinajstić information content (AvgIpc) is 2.55. The Morgan fingerprint density at radius 1 is 1.17 bits per heavy atom. The van der Waals surface area contributed by atoms with Gasteiger partial charge < -0.3 is 21.0 Å². The summed E-state index contributed by atoms with van der Waals surface area (Å²) in [7, 11) is 0. The molecule has 6 nitrogen and oxygen atoms in total. The molecule has 0 aliphatic rings. The van der Waals surface area contributed by atoms with Crippen LogP contribution in [0.3, 0.4) is 0 Å². The van der Waals surface area contributed by atoms with Crippen molar-refractivity contribution < 1.29 is 23.1 Å². The van der Waals surface area contributed by atoms with Crippen molar-refractivity contribution in [3.63, 3.8) is 0 Å². The summed E-state index contributed by atoms with van der Waals surface area (Å²) in [5.41, 5.74) is 13.5. The first kappa shape index (κ1) is 17.2. The van der Waals surface area contributed by atoms with E-state index in [4.69, 9.17) is 16.3 Å². The number of anilines is 1. The summed E-state index contributed by atoms with van der Waals surface area (Å²) in [5, 5.41) is 3.58. The second-order valence-corrected chi connectivity index (χ2v) is 4.78. The maximum absolute atomic E-state index is 12.1. The summed E-state index contributed by atoms with van der Waals surface area (Å²) in [5.74, 6) is -0.867. The number of ether oxygens (including phenoxy) is 1. The quantitative estimate of drug-likeness (QED) is 0.288. The molecule has 0 radical (unpaired) electrons. The predicted molar refractivity (Wildman–Crippen MR) is 84.8 cm³/mol. The number of rotatable bonds is 5. The number of carbonyl (C=O) groups excluding carboxylic acids is 1. The first-order valence-electron chi connectivity index (χ1n) is 6.83. The number of benzene rings is 2. The molecule has 2 aromatic rings. The standard InChI is InChI=1S/C16H15F2N3O3/c1-9-12(3-2-4-13(9)19)14(20)21-24-15(22)10-5-7-11(8-6-10)23-16(17)18/h2-8,16H,19H2,1H3,(H2,20,21). The molecule has 4 N–H and O–H groups in total. The first-order chi connectivity index (χ1) is 11.4. The van der Waals surface area contributed by atoms with Crippen LogP contribution >= 0.6 is 0 Å². The first-order valence-corrected chi connectivity index (χ1v) is 6.83. The smallest absolute Gasteiger partial charge is 0.387 e. The van der Waals surface area contributed by atoms with Gasteiger partial charge in [0.1, 0.15) is 5.75 Å². The lowest BCUT2D eigenvalue weighted by atomic mass is 10.1. The van der Waals surface area contributed by atoms with Crippen molar-refractivity contribution in [2.75, 3.05) is 5.73 Å². The van der Waals surface area contributed by atoms with Crippen LogP contribution in [0.2, 0.25) is 0 Å². The molecule has 0 bridgehead atoms. The SMILES string of the molecule is Cc1c(N)cccc1/C(N)=N/OC(=O)c1ccc(OC(F)F)cc1. The van der Waals surface area contributed by atoms with Gasteiger partial charge in [0.25, 0.3) is 0 Å². The molecule has 0 spiro atoms. The molecule has 0 fully saturated rings. The number of halogens is 2. The number of nitrogen functional groups attached to an aromatic ring is 1. The van der Waals surface area contributed by atoms with Crippen LogP contribution in [0.5, 0.6) is 5.75 Å². The number of nitrogens with zero attached hydrogens (tertiary/aromatic N) is 1. The zero-order valence-corrected chi connectivity index (χ0v) is 12.7. The highest BCUT2D eigenvalue weighted by Gasteiger charge is 2.11. The van der Waals surface area contributed by atoms with E-state index >= 15 is 0 Å². The van der Waals surface area contributed by atoms with Gasteiger partial charge in [-0.3, -0.25) is 0 Å². The third kappa shape index (κ3) is 4.19. The van der Waals surface area contributed by atoms with Gasteiger partial charge in [-0.05, 0) is 42.8 Å². The maximum atomic E-state index is 12.1. The van der Waals surface area contributed by atoms with Crippen LogP contribution in [0.4, 0.5) is 14.5 Å². The summed E-state index contributed by atoms with van der Waals surface area (Å²) in [6.45, 7) is -1.18.